The maximum atomic E-state index is 11.7. The Balaban J connectivity index is 3.23. The van der Waals surface area contributed by atoms with Crippen LogP contribution in [0.15, 0.2) is 12.8 Å². The molecule has 0 aliphatic heterocycles. The van der Waals surface area contributed by atoms with Crippen molar-refractivity contribution in [3.05, 3.63) is 12.8 Å². The summed E-state index contributed by atoms with van der Waals surface area (Å²) in [5.74, 6) is 1.22. The molecule has 0 radical (unpaired) electrons. The fourth-order valence-electron chi connectivity index (χ4n) is 2.44. The molecule has 0 amide bonds. The summed E-state index contributed by atoms with van der Waals surface area (Å²) in [6.45, 7) is 8.76. The third-order valence-corrected chi connectivity index (χ3v) is 3.87. The second-order valence-electron chi connectivity index (χ2n) is 6.57. The second kappa shape index (κ2) is 15.2. The minimum atomic E-state index is 0.152. The van der Waals surface area contributed by atoms with Crippen LogP contribution in [0.5, 0.6) is 0 Å². The van der Waals surface area contributed by atoms with Gasteiger partial charge in [-0.25, -0.2) is 0 Å². The van der Waals surface area contributed by atoms with E-state index in [-0.39, 0.29) is 5.17 Å². The Morgan fingerprint density at radius 3 is 2.18 bits per heavy atom. The molecule has 1 atom stereocenters. The molecule has 0 heterocycles. The third kappa shape index (κ3) is 15.7. The number of carbonyl (C=O) groups excluding carboxylic acids is 1. The molecule has 4 nitrogen and oxygen atoms in total. The van der Waals surface area contributed by atoms with Crippen molar-refractivity contribution in [2.45, 2.75) is 84.5 Å². The molecule has 0 aliphatic rings. The summed E-state index contributed by atoms with van der Waals surface area (Å²) in [5.41, 5.74) is 2.88. The quantitative estimate of drug-likeness (QED) is 0.302. The highest BCUT2D eigenvalue weighted by atomic mass is 16.5. The van der Waals surface area contributed by atoms with E-state index in [9.17, 15) is 4.79 Å². The van der Waals surface area contributed by atoms with E-state index in [1.54, 1.807) is 0 Å². The van der Waals surface area contributed by atoms with Crippen LogP contribution in [0, 0.1) is 5.92 Å². The molecule has 0 bridgehead atoms. The Morgan fingerprint density at radius 1 is 1.05 bits per heavy atom. The molecular formula is C18H37N2O2+. The van der Waals surface area contributed by atoms with Crippen molar-refractivity contribution in [3.8, 4) is 0 Å². The van der Waals surface area contributed by atoms with E-state index in [1.807, 2.05) is 0 Å². The van der Waals surface area contributed by atoms with Crippen LogP contribution in [-0.2, 0) is 4.79 Å². The zero-order valence-corrected chi connectivity index (χ0v) is 14.7. The predicted octanol–water partition coefficient (Wildman–Crippen LogP) is 3.42. The highest BCUT2D eigenvalue weighted by Crippen LogP contribution is 2.12. The number of nitrogens with one attached hydrogen (secondary N) is 2. The van der Waals surface area contributed by atoms with Crippen LogP contribution in [0.4, 0.5) is 0 Å². The van der Waals surface area contributed by atoms with E-state index in [0.29, 0.717) is 5.78 Å². The summed E-state index contributed by atoms with van der Waals surface area (Å²) in [7, 11) is 0. The first-order valence-corrected chi connectivity index (χ1v) is 9.00. The summed E-state index contributed by atoms with van der Waals surface area (Å²) < 4.78 is 0. The zero-order valence-electron chi connectivity index (χ0n) is 14.7. The van der Waals surface area contributed by atoms with Gasteiger partial charge in [-0.2, -0.15) is 5.21 Å². The minimum absolute atomic E-state index is 0.152. The molecule has 0 spiro atoms. The van der Waals surface area contributed by atoms with E-state index in [2.05, 4.69) is 25.9 Å². The molecule has 4 heteroatoms. The van der Waals surface area contributed by atoms with Crippen LogP contribution in [0.3, 0.4) is 0 Å². The van der Waals surface area contributed by atoms with E-state index in [1.165, 1.54) is 25.5 Å². The Morgan fingerprint density at radius 2 is 1.59 bits per heavy atom. The van der Waals surface area contributed by atoms with Gasteiger partial charge in [0.05, 0.1) is 0 Å². The predicted molar refractivity (Wildman–Crippen MR) is 91.6 cm³/mol. The lowest BCUT2D eigenvalue weighted by molar-refractivity contribution is -1.08. The van der Waals surface area contributed by atoms with Crippen LogP contribution >= 0.6 is 0 Å². The molecule has 0 aromatic rings. The highest BCUT2D eigenvalue weighted by molar-refractivity contribution is 5.78. The first-order chi connectivity index (χ1) is 10.6. The van der Waals surface area contributed by atoms with Crippen molar-refractivity contribution in [2.24, 2.45) is 5.92 Å². The lowest BCUT2D eigenvalue weighted by Gasteiger charge is -2.06. The third-order valence-electron chi connectivity index (χ3n) is 3.87. The van der Waals surface area contributed by atoms with Crippen LogP contribution < -0.4 is 10.6 Å². The number of hydrogen-bond donors (Lipinski definition) is 3. The fourth-order valence-corrected chi connectivity index (χ4v) is 2.44. The molecule has 0 aromatic carbocycles. The number of hydroxylamine groups is 1. The normalized spacial score (nSPS) is 12.5. The number of rotatable bonds is 16. The maximum Gasteiger partial charge on any atom is 0.139 e. The fraction of sp³-hybridized carbons (Fsp3) is 0.833. The zero-order chi connectivity index (χ0) is 16.6. The first-order valence-electron chi connectivity index (χ1n) is 9.00. The van der Waals surface area contributed by atoms with Gasteiger partial charge in [-0.15, -0.1) is 5.43 Å². The van der Waals surface area contributed by atoms with E-state index >= 15 is 0 Å². The Kier molecular flexibility index (Phi) is 14.7. The first kappa shape index (κ1) is 21.3. The van der Waals surface area contributed by atoms with Crippen molar-refractivity contribution in [1.82, 2.24) is 5.43 Å². The van der Waals surface area contributed by atoms with E-state index in [4.69, 9.17) is 5.21 Å². The summed E-state index contributed by atoms with van der Waals surface area (Å²) in [4.78, 5) is 11.7. The van der Waals surface area contributed by atoms with Gasteiger partial charge in [0.1, 0.15) is 12.0 Å². The summed E-state index contributed by atoms with van der Waals surface area (Å²) in [5, 5.41) is 9.29. The molecule has 0 aliphatic carbocycles. The molecule has 0 saturated carbocycles. The van der Waals surface area contributed by atoms with Crippen molar-refractivity contribution in [1.29, 1.82) is 0 Å². The van der Waals surface area contributed by atoms with E-state index in [0.717, 1.165) is 63.8 Å². The smallest absolute Gasteiger partial charge is 0.139 e. The second-order valence-corrected chi connectivity index (χ2v) is 6.57. The van der Waals surface area contributed by atoms with Gasteiger partial charge in [0.25, 0.3) is 0 Å². The number of quaternary nitrogens is 1. The topological polar surface area (TPSA) is 53.8 Å². The summed E-state index contributed by atoms with van der Waals surface area (Å²) in [6, 6.07) is 0. The standard InChI is InChI=1S/C18H36N2O2/c1-4-20(22)19-16-12-7-5-6-10-14-18(21)15-11-8-9-13-17(2)3/h4,17,19,22H,1,5-16H2,2-3H3/p+1. The van der Waals surface area contributed by atoms with Crippen molar-refractivity contribution in [3.63, 3.8) is 0 Å². The van der Waals surface area contributed by atoms with Gasteiger partial charge in [0, 0.05) is 19.4 Å². The summed E-state index contributed by atoms with van der Waals surface area (Å²) in [6.07, 6.45) is 13.3. The van der Waals surface area contributed by atoms with Gasteiger partial charge in [-0.05, 0) is 31.8 Å². The number of ketones is 1. The Bertz CT molecular complexity index is 280. The molecule has 0 rings (SSSR count). The molecule has 130 valence electrons. The van der Waals surface area contributed by atoms with Crippen LogP contribution in [0.25, 0.3) is 0 Å². The van der Waals surface area contributed by atoms with E-state index < -0.39 is 0 Å². The Hall–Kier alpha value is -0.710. The maximum absolute atomic E-state index is 11.7. The van der Waals surface area contributed by atoms with Crippen molar-refractivity contribution < 1.29 is 15.2 Å². The number of unbranched alkanes of at least 4 members (excludes halogenated alkanes) is 6. The molecule has 0 aromatic heterocycles. The van der Waals surface area contributed by atoms with Gasteiger partial charge < -0.3 is 0 Å². The van der Waals surface area contributed by atoms with Crippen molar-refractivity contribution >= 4 is 5.78 Å². The largest absolute Gasteiger partial charge is 0.300 e. The monoisotopic (exact) mass is 313 g/mol. The number of hydrogen-bond acceptors (Lipinski definition) is 3. The average Bonchev–Trinajstić information content (AvgIpc) is 2.48. The van der Waals surface area contributed by atoms with Gasteiger partial charge in [0.15, 0.2) is 0 Å². The van der Waals surface area contributed by atoms with Crippen LogP contribution in [-0.4, -0.2) is 17.5 Å². The highest BCUT2D eigenvalue weighted by Gasteiger charge is 2.02. The molecule has 1 unspecified atom stereocenters. The van der Waals surface area contributed by atoms with Crippen LogP contribution in [0.1, 0.15) is 84.5 Å². The Labute approximate surface area is 136 Å². The minimum Gasteiger partial charge on any atom is -0.300 e. The summed E-state index contributed by atoms with van der Waals surface area (Å²) >= 11 is 0. The van der Waals surface area contributed by atoms with Gasteiger partial charge in [-0.1, -0.05) is 57.5 Å². The van der Waals surface area contributed by atoms with Crippen molar-refractivity contribution in [2.75, 3.05) is 6.54 Å². The molecule has 0 fully saturated rings. The molecule has 3 N–H and O–H groups in total. The lowest BCUT2D eigenvalue weighted by Crippen LogP contribution is -3.12. The average molecular weight is 314 g/mol. The lowest BCUT2D eigenvalue weighted by atomic mass is 10.0. The molecular weight excluding hydrogens is 276 g/mol. The van der Waals surface area contributed by atoms with Gasteiger partial charge >= 0.3 is 0 Å². The number of carbonyl (C=O) groups is 1. The number of Topliss-reactive ketones (excluding diaryl/α,β-unsaturated/α-hetero) is 1. The van der Waals surface area contributed by atoms with Crippen LogP contribution in [0.2, 0.25) is 0 Å². The van der Waals surface area contributed by atoms with Gasteiger partial charge in [-0.3, -0.25) is 4.79 Å². The molecule has 0 saturated heterocycles. The van der Waals surface area contributed by atoms with Gasteiger partial charge in [0.2, 0.25) is 0 Å². The SMILES string of the molecule is C=C[NH+](O)NCCCCCCCC(=O)CCCCCC(C)C. The molecule has 22 heavy (non-hydrogen) atoms.